The lowest BCUT2D eigenvalue weighted by atomic mass is 10.1. The zero-order valence-electron chi connectivity index (χ0n) is 13.1. The van der Waals surface area contributed by atoms with Crippen LogP contribution < -0.4 is 4.90 Å². The normalized spacial score (nSPS) is 15.4. The van der Waals surface area contributed by atoms with Crippen LogP contribution in [0.25, 0.3) is 0 Å². The van der Waals surface area contributed by atoms with Crippen molar-refractivity contribution in [2.75, 3.05) is 31.1 Å². The van der Waals surface area contributed by atoms with Crippen LogP contribution in [-0.4, -0.2) is 42.0 Å². The average molecular weight is 333 g/mol. The lowest BCUT2D eigenvalue weighted by Gasteiger charge is -2.36. The number of halogens is 4. The zero-order valence-corrected chi connectivity index (χ0v) is 13.1. The van der Waals surface area contributed by atoms with Crippen molar-refractivity contribution in [2.45, 2.75) is 26.7 Å². The van der Waals surface area contributed by atoms with Gasteiger partial charge in [0.25, 0.3) is 11.9 Å². The SMILES string of the molecule is CC(C)CCC(=O)N1CCN(c2c(F)c(F)nc(F)c2F)CC1. The molecule has 0 spiro atoms. The average Bonchev–Trinajstić information content (AvgIpc) is 2.51. The highest BCUT2D eigenvalue weighted by molar-refractivity contribution is 5.76. The van der Waals surface area contributed by atoms with Gasteiger partial charge in [-0.1, -0.05) is 13.8 Å². The maximum atomic E-state index is 13.7. The standard InChI is InChI=1S/C15H19F4N3O/c1-9(2)3-4-10(23)21-5-7-22(8-6-21)13-11(16)14(18)20-15(19)12(13)17/h9H,3-8H2,1-2H3. The van der Waals surface area contributed by atoms with Crippen LogP contribution in [0, 0.1) is 29.4 Å². The van der Waals surface area contributed by atoms with Gasteiger partial charge in [-0.25, -0.2) is 0 Å². The molecular weight excluding hydrogens is 314 g/mol. The van der Waals surface area contributed by atoms with Crippen LogP contribution in [0.1, 0.15) is 26.7 Å². The first-order valence-corrected chi connectivity index (χ1v) is 7.54. The molecule has 0 aromatic carbocycles. The first kappa shape index (κ1) is 17.5. The second-order valence-corrected chi connectivity index (χ2v) is 5.97. The lowest BCUT2D eigenvalue weighted by molar-refractivity contribution is -0.131. The molecule has 2 rings (SSSR count). The number of anilines is 1. The monoisotopic (exact) mass is 333 g/mol. The molecule has 0 bridgehead atoms. The highest BCUT2D eigenvalue weighted by Crippen LogP contribution is 2.27. The Balaban J connectivity index is 2.04. The number of hydrogen-bond acceptors (Lipinski definition) is 3. The molecule has 1 aromatic heterocycles. The number of piperazine rings is 1. The van der Waals surface area contributed by atoms with E-state index in [9.17, 15) is 22.4 Å². The minimum Gasteiger partial charge on any atom is -0.363 e. The molecule has 0 aliphatic carbocycles. The summed E-state index contributed by atoms with van der Waals surface area (Å²) >= 11 is 0. The molecule has 0 unspecified atom stereocenters. The number of nitrogens with zero attached hydrogens (tertiary/aromatic N) is 3. The van der Waals surface area contributed by atoms with Gasteiger partial charge in [0.1, 0.15) is 5.69 Å². The molecule has 2 heterocycles. The van der Waals surface area contributed by atoms with Crippen LogP contribution in [0.15, 0.2) is 0 Å². The Morgan fingerprint density at radius 2 is 1.57 bits per heavy atom. The van der Waals surface area contributed by atoms with E-state index in [-0.39, 0.29) is 32.1 Å². The van der Waals surface area contributed by atoms with Crippen LogP contribution in [0.4, 0.5) is 23.2 Å². The van der Waals surface area contributed by atoms with Crippen molar-refractivity contribution >= 4 is 11.6 Å². The molecular formula is C15H19F4N3O. The summed E-state index contributed by atoms with van der Waals surface area (Å²) in [6.45, 7) is 4.74. The Kier molecular flexibility index (Phi) is 5.43. The van der Waals surface area contributed by atoms with Crippen molar-refractivity contribution in [3.05, 3.63) is 23.5 Å². The number of rotatable bonds is 4. The second-order valence-electron chi connectivity index (χ2n) is 5.97. The largest absolute Gasteiger partial charge is 0.363 e. The fraction of sp³-hybridized carbons (Fsp3) is 0.600. The van der Waals surface area contributed by atoms with Gasteiger partial charge < -0.3 is 9.80 Å². The molecule has 23 heavy (non-hydrogen) atoms. The predicted octanol–water partition coefficient (Wildman–Crippen LogP) is 2.72. The van der Waals surface area contributed by atoms with Gasteiger partial charge in [0.05, 0.1) is 0 Å². The van der Waals surface area contributed by atoms with Crippen LogP contribution in [-0.2, 0) is 4.79 Å². The van der Waals surface area contributed by atoms with E-state index in [1.54, 1.807) is 4.90 Å². The highest BCUT2D eigenvalue weighted by Gasteiger charge is 2.29. The number of amides is 1. The molecule has 1 saturated heterocycles. The minimum atomic E-state index is -1.67. The first-order valence-electron chi connectivity index (χ1n) is 7.54. The zero-order chi connectivity index (χ0) is 17.1. The van der Waals surface area contributed by atoms with Gasteiger partial charge in [-0.05, 0) is 12.3 Å². The van der Waals surface area contributed by atoms with E-state index < -0.39 is 29.2 Å². The van der Waals surface area contributed by atoms with Gasteiger partial charge >= 0.3 is 0 Å². The minimum absolute atomic E-state index is 0.0219. The van der Waals surface area contributed by atoms with Crippen molar-refractivity contribution in [1.29, 1.82) is 0 Å². The number of pyridine rings is 1. The molecule has 1 fully saturated rings. The summed E-state index contributed by atoms with van der Waals surface area (Å²) in [5.41, 5.74) is -0.760. The van der Waals surface area contributed by atoms with Crippen molar-refractivity contribution in [3.8, 4) is 0 Å². The molecule has 0 radical (unpaired) electrons. The maximum Gasteiger partial charge on any atom is 0.253 e. The summed E-state index contributed by atoms with van der Waals surface area (Å²) in [6, 6.07) is 0. The summed E-state index contributed by atoms with van der Waals surface area (Å²) in [6.07, 6.45) is 1.18. The van der Waals surface area contributed by atoms with Crippen LogP contribution in [0.3, 0.4) is 0 Å². The molecule has 0 N–H and O–H groups in total. The summed E-state index contributed by atoms with van der Waals surface area (Å²) in [5.74, 6) is -5.98. The molecule has 1 amide bonds. The van der Waals surface area contributed by atoms with E-state index >= 15 is 0 Å². The van der Waals surface area contributed by atoms with Crippen molar-refractivity contribution in [2.24, 2.45) is 5.92 Å². The number of hydrogen-bond donors (Lipinski definition) is 0. The fourth-order valence-corrected chi connectivity index (χ4v) is 2.50. The van der Waals surface area contributed by atoms with Gasteiger partial charge in [-0.2, -0.15) is 22.5 Å². The van der Waals surface area contributed by atoms with E-state index in [0.29, 0.717) is 12.3 Å². The van der Waals surface area contributed by atoms with Crippen molar-refractivity contribution in [1.82, 2.24) is 9.88 Å². The Morgan fingerprint density at radius 3 is 2.04 bits per heavy atom. The van der Waals surface area contributed by atoms with E-state index in [4.69, 9.17) is 0 Å². The summed E-state index contributed by atoms with van der Waals surface area (Å²) < 4.78 is 53.8. The molecule has 4 nitrogen and oxygen atoms in total. The van der Waals surface area contributed by atoms with Gasteiger partial charge in [0, 0.05) is 32.6 Å². The molecule has 1 aliphatic rings. The van der Waals surface area contributed by atoms with Gasteiger partial charge in [-0.3, -0.25) is 4.79 Å². The van der Waals surface area contributed by atoms with Gasteiger partial charge in [-0.15, -0.1) is 0 Å². The van der Waals surface area contributed by atoms with E-state index in [2.05, 4.69) is 4.98 Å². The van der Waals surface area contributed by atoms with Crippen LogP contribution >= 0.6 is 0 Å². The third kappa shape index (κ3) is 3.92. The van der Waals surface area contributed by atoms with Crippen LogP contribution in [0.5, 0.6) is 0 Å². The molecule has 8 heteroatoms. The Morgan fingerprint density at radius 1 is 1.04 bits per heavy atom. The van der Waals surface area contributed by atoms with Crippen molar-refractivity contribution < 1.29 is 22.4 Å². The van der Waals surface area contributed by atoms with E-state index in [1.807, 2.05) is 13.8 Å². The van der Waals surface area contributed by atoms with Crippen molar-refractivity contribution in [3.63, 3.8) is 0 Å². The highest BCUT2D eigenvalue weighted by atomic mass is 19.2. The molecule has 128 valence electrons. The second kappa shape index (κ2) is 7.14. The third-order valence-electron chi connectivity index (χ3n) is 3.86. The first-order chi connectivity index (χ1) is 10.8. The molecule has 0 saturated carbocycles. The van der Waals surface area contributed by atoms with E-state index in [0.717, 1.165) is 6.42 Å². The maximum absolute atomic E-state index is 13.7. The smallest absolute Gasteiger partial charge is 0.253 e. The Bertz CT molecular complexity index is 560. The summed E-state index contributed by atoms with van der Waals surface area (Å²) in [5, 5.41) is 0. The molecule has 0 atom stereocenters. The van der Waals surface area contributed by atoms with Gasteiger partial charge in [0.2, 0.25) is 17.5 Å². The number of carbonyl (C=O) groups is 1. The Labute approximate surface area is 132 Å². The molecule has 1 aromatic rings. The summed E-state index contributed by atoms with van der Waals surface area (Å²) in [7, 11) is 0. The Hall–Kier alpha value is -1.86. The molecule has 1 aliphatic heterocycles. The lowest BCUT2D eigenvalue weighted by Crippen LogP contribution is -2.49. The quantitative estimate of drug-likeness (QED) is 0.628. The van der Waals surface area contributed by atoms with Crippen LogP contribution in [0.2, 0.25) is 0 Å². The van der Waals surface area contributed by atoms with E-state index in [1.165, 1.54) is 4.90 Å². The number of aromatic nitrogens is 1. The topological polar surface area (TPSA) is 36.4 Å². The van der Waals surface area contributed by atoms with Gasteiger partial charge in [0.15, 0.2) is 0 Å². The fourth-order valence-electron chi connectivity index (χ4n) is 2.50. The number of carbonyl (C=O) groups excluding carboxylic acids is 1. The predicted molar refractivity (Wildman–Crippen MR) is 76.9 cm³/mol. The summed E-state index contributed by atoms with van der Waals surface area (Å²) in [4.78, 5) is 17.4. The third-order valence-corrected chi connectivity index (χ3v) is 3.86.